The van der Waals surface area contributed by atoms with Crippen LogP contribution in [0.1, 0.15) is 19.8 Å². The van der Waals surface area contributed by atoms with Crippen molar-refractivity contribution in [1.29, 1.82) is 0 Å². The van der Waals surface area contributed by atoms with Crippen LogP contribution in [-0.4, -0.2) is 26.7 Å². The van der Waals surface area contributed by atoms with E-state index in [1.807, 2.05) is 6.92 Å². The molecule has 0 spiro atoms. The lowest BCUT2D eigenvalue weighted by Crippen LogP contribution is -2.13. The van der Waals surface area contributed by atoms with Gasteiger partial charge in [-0.2, -0.15) is 0 Å². The average molecular weight is 287 g/mol. The Morgan fingerprint density at radius 2 is 2.05 bits per heavy atom. The minimum atomic E-state index is -3.75. The highest BCUT2D eigenvalue weighted by atomic mass is 32.2. The van der Waals surface area contributed by atoms with Gasteiger partial charge in [0, 0.05) is 24.5 Å². The van der Waals surface area contributed by atoms with Gasteiger partial charge in [-0.3, -0.25) is 0 Å². The predicted molar refractivity (Wildman–Crippen MR) is 76.2 cm³/mol. The van der Waals surface area contributed by atoms with Crippen LogP contribution in [-0.2, 0) is 10.0 Å². The Balaban J connectivity index is 2.62. The van der Waals surface area contributed by atoms with Gasteiger partial charge in [0.2, 0.25) is 10.0 Å². The van der Waals surface area contributed by atoms with Gasteiger partial charge >= 0.3 is 0 Å². The summed E-state index contributed by atoms with van der Waals surface area (Å²) < 4.78 is 22.5. The minimum absolute atomic E-state index is 0.00118. The molecule has 0 aromatic heterocycles. The number of aliphatic hydroxyl groups excluding tert-OH is 1. The molecule has 6 nitrogen and oxygen atoms in total. The number of nitrogens with two attached hydrogens (primary N) is 2. The van der Waals surface area contributed by atoms with Crippen molar-refractivity contribution in [3.63, 3.8) is 0 Å². The van der Waals surface area contributed by atoms with Crippen molar-refractivity contribution in [3.8, 4) is 0 Å². The van der Waals surface area contributed by atoms with E-state index in [4.69, 9.17) is 16.0 Å². The maximum Gasteiger partial charge on any atom is 0.238 e. The van der Waals surface area contributed by atoms with E-state index < -0.39 is 10.0 Å². The van der Waals surface area contributed by atoms with Gasteiger partial charge in [0.05, 0.1) is 4.90 Å². The highest BCUT2D eigenvalue weighted by Gasteiger charge is 2.09. The standard InChI is InChI=1S/C12H21N3O3S/c1-9(8-16)3-2-4-15-11-5-10(13)6-12(7-11)19(14,17)18/h5-7,9,15-16H,2-4,8,13H2,1H3,(H2,14,17,18). The van der Waals surface area contributed by atoms with Gasteiger partial charge in [0.1, 0.15) is 0 Å². The van der Waals surface area contributed by atoms with Crippen molar-refractivity contribution in [2.75, 3.05) is 24.2 Å². The van der Waals surface area contributed by atoms with Crippen molar-refractivity contribution >= 4 is 21.4 Å². The van der Waals surface area contributed by atoms with Crippen LogP contribution >= 0.6 is 0 Å². The van der Waals surface area contributed by atoms with Gasteiger partial charge in [-0.05, 0) is 37.0 Å². The Labute approximate surface area is 113 Å². The van der Waals surface area contributed by atoms with E-state index in [9.17, 15) is 8.42 Å². The first-order chi connectivity index (χ1) is 8.82. The minimum Gasteiger partial charge on any atom is -0.399 e. The first-order valence-electron chi connectivity index (χ1n) is 6.11. The van der Waals surface area contributed by atoms with Crippen LogP contribution in [0.3, 0.4) is 0 Å². The molecule has 6 N–H and O–H groups in total. The number of hydrogen-bond acceptors (Lipinski definition) is 5. The molecular weight excluding hydrogens is 266 g/mol. The average Bonchev–Trinajstić information content (AvgIpc) is 2.32. The van der Waals surface area contributed by atoms with Crippen LogP contribution in [0.25, 0.3) is 0 Å². The molecule has 0 aliphatic carbocycles. The summed E-state index contributed by atoms with van der Waals surface area (Å²) in [7, 11) is -3.75. The maximum atomic E-state index is 11.3. The van der Waals surface area contributed by atoms with Gasteiger partial charge in [0.15, 0.2) is 0 Å². The molecule has 7 heteroatoms. The summed E-state index contributed by atoms with van der Waals surface area (Å²) >= 11 is 0. The Kier molecular flexibility index (Phi) is 5.59. The number of nitrogen functional groups attached to an aromatic ring is 1. The van der Waals surface area contributed by atoms with Gasteiger partial charge in [0.25, 0.3) is 0 Å². The van der Waals surface area contributed by atoms with Crippen LogP contribution in [0.15, 0.2) is 23.1 Å². The van der Waals surface area contributed by atoms with E-state index in [0.29, 0.717) is 17.9 Å². The van der Waals surface area contributed by atoms with Crippen LogP contribution < -0.4 is 16.2 Å². The first-order valence-corrected chi connectivity index (χ1v) is 7.65. The molecule has 1 unspecified atom stereocenters. The molecule has 0 saturated carbocycles. The first kappa shape index (κ1) is 15.7. The zero-order chi connectivity index (χ0) is 14.5. The number of aliphatic hydroxyl groups is 1. The SMILES string of the molecule is CC(CO)CCCNc1cc(N)cc(S(N)(=O)=O)c1. The molecule has 0 bridgehead atoms. The summed E-state index contributed by atoms with van der Waals surface area (Å²) in [6, 6.07) is 4.44. The number of anilines is 2. The number of hydrogen-bond donors (Lipinski definition) is 4. The lowest BCUT2D eigenvalue weighted by atomic mass is 10.1. The van der Waals surface area contributed by atoms with Gasteiger partial charge in [-0.15, -0.1) is 0 Å². The van der Waals surface area contributed by atoms with E-state index >= 15 is 0 Å². The van der Waals surface area contributed by atoms with Gasteiger partial charge in [-0.1, -0.05) is 6.92 Å². The van der Waals surface area contributed by atoms with Gasteiger partial charge < -0.3 is 16.2 Å². The Bertz CT molecular complexity index is 517. The monoisotopic (exact) mass is 287 g/mol. The van der Waals surface area contributed by atoms with E-state index in [1.54, 1.807) is 6.07 Å². The Morgan fingerprint density at radius 3 is 2.63 bits per heavy atom. The van der Waals surface area contributed by atoms with Crippen LogP contribution in [0, 0.1) is 5.92 Å². The van der Waals surface area contributed by atoms with Crippen molar-refractivity contribution < 1.29 is 13.5 Å². The highest BCUT2D eigenvalue weighted by molar-refractivity contribution is 7.89. The number of rotatable bonds is 7. The predicted octanol–water partition coefficient (Wildman–Crippen LogP) is 0.737. The molecular formula is C12H21N3O3S. The number of sulfonamides is 1. The Morgan fingerprint density at radius 1 is 1.37 bits per heavy atom. The van der Waals surface area contributed by atoms with Crippen LogP contribution in [0.2, 0.25) is 0 Å². The molecule has 0 aliphatic heterocycles. The summed E-state index contributed by atoms with van der Waals surface area (Å²) in [6.07, 6.45) is 1.77. The number of benzene rings is 1. The Hall–Kier alpha value is -1.31. The summed E-state index contributed by atoms with van der Waals surface area (Å²) in [5, 5.41) is 17.1. The lowest BCUT2D eigenvalue weighted by molar-refractivity contribution is 0.229. The summed E-state index contributed by atoms with van der Waals surface area (Å²) in [5.74, 6) is 0.266. The molecule has 0 heterocycles. The maximum absolute atomic E-state index is 11.3. The summed E-state index contributed by atoms with van der Waals surface area (Å²) in [5.41, 5.74) is 6.61. The largest absolute Gasteiger partial charge is 0.399 e. The molecule has 19 heavy (non-hydrogen) atoms. The third-order valence-electron chi connectivity index (χ3n) is 2.77. The summed E-state index contributed by atoms with van der Waals surface area (Å²) in [6.45, 7) is 2.82. The number of nitrogens with one attached hydrogen (secondary N) is 1. The van der Waals surface area contributed by atoms with Crippen LogP contribution in [0.4, 0.5) is 11.4 Å². The molecule has 1 atom stereocenters. The molecule has 1 aromatic carbocycles. The van der Waals surface area contributed by atoms with Crippen molar-refractivity contribution in [2.45, 2.75) is 24.7 Å². The zero-order valence-electron chi connectivity index (χ0n) is 11.0. The topological polar surface area (TPSA) is 118 Å². The van der Waals surface area contributed by atoms with E-state index in [-0.39, 0.29) is 17.4 Å². The molecule has 0 saturated heterocycles. The van der Waals surface area contributed by atoms with E-state index in [0.717, 1.165) is 12.8 Å². The van der Waals surface area contributed by atoms with Crippen LogP contribution in [0.5, 0.6) is 0 Å². The fourth-order valence-corrected chi connectivity index (χ4v) is 2.25. The quantitative estimate of drug-likeness (QED) is 0.435. The van der Waals surface area contributed by atoms with Crippen molar-refractivity contribution in [2.24, 2.45) is 11.1 Å². The molecule has 108 valence electrons. The zero-order valence-corrected chi connectivity index (χ0v) is 11.8. The van der Waals surface area contributed by atoms with E-state index in [2.05, 4.69) is 5.32 Å². The molecule has 0 radical (unpaired) electrons. The summed E-state index contributed by atoms with van der Waals surface area (Å²) in [4.78, 5) is -0.00118. The molecule has 0 amide bonds. The fourth-order valence-electron chi connectivity index (χ4n) is 1.66. The van der Waals surface area contributed by atoms with Gasteiger partial charge in [-0.25, -0.2) is 13.6 Å². The fraction of sp³-hybridized carbons (Fsp3) is 0.500. The number of primary sulfonamides is 1. The second-order valence-corrected chi connectivity index (χ2v) is 6.25. The van der Waals surface area contributed by atoms with E-state index in [1.165, 1.54) is 12.1 Å². The second-order valence-electron chi connectivity index (χ2n) is 4.69. The molecule has 1 rings (SSSR count). The smallest absolute Gasteiger partial charge is 0.238 e. The van der Waals surface area contributed by atoms with Crippen molar-refractivity contribution in [1.82, 2.24) is 0 Å². The van der Waals surface area contributed by atoms with Crippen molar-refractivity contribution in [3.05, 3.63) is 18.2 Å². The molecule has 0 aliphatic rings. The second kappa shape index (κ2) is 6.74. The third kappa shape index (κ3) is 5.46. The normalized spacial score (nSPS) is 13.2. The lowest BCUT2D eigenvalue weighted by Gasteiger charge is -2.11. The highest BCUT2D eigenvalue weighted by Crippen LogP contribution is 2.19. The molecule has 1 aromatic rings. The third-order valence-corrected chi connectivity index (χ3v) is 3.66. The molecule has 0 fully saturated rings.